The Morgan fingerprint density at radius 2 is 2.00 bits per heavy atom. The van der Waals surface area contributed by atoms with Crippen LogP contribution in [-0.2, 0) is 16.0 Å². The molecule has 0 spiro atoms. The summed E-state index contributed by atoms with van der Waals surface area (Å²) in [6.07, 6.45) is 2.14. The zero-order chi connectivity index (χ0) is 26.2. The van der Waals surface area contributed by atoms with E-state index in [1.54, 1.807) is 36.1 Å². The lowest BCUT2D eigenvalue weighted by molar-refractivity contribution is -0.144. The average Bonchev–Trinajstić information content (AvgIpc) is 2.81. The number of nitriles is 1. The normalized spacial score (nSPS) is 18.6. The van der Waals surface area contributed by atoms with E-state index in [0.29, 0.717) is 25.1 Å². The summed E-state index contributed by atoms with van der Waals surface area (Å²) < 4.78 is 10.6. The van der Waals surface area contributed by atoms with Crippen molar-refractivity contribution in [3.8, 4) is 11.8 Å². The van der Waals surface area contributed by atoms with Gasteiger partial charge >= 0.3 is 13.2 Å². The molecule has 1 unspecified atom stereocenters. The first-order valence-electron chi connectivity index (χ1n) is 12.0. The molecule has 1 aromatic carbocycles. The molecule has 1 fully saturated rings. The zero-order valence-corrected chi connectivity index (χ0v) is 21.4. The molecular weight excluding hydrogens is 449 g/mol. The van der Waals surface area contributed by atoms with E-state index in [4.69, 9.17) is 9.47 Å². The third-order valence-corrected chi connectivity index (χ3v) is 6.15. The number of alkyl carbamates (subject to hydrolysis) is 1. The second-order valence-corrected chi connectivity index (χ2v) is 10.6. The van der Waals surface area contributed by atoms with E-state index in [0.717, 1.165) is 18.4 Å². The van der Waals surface area contributed by atoms with E-state index in [9.17, 15) is 24.9 Å². The van der Waals surface area contributed by atoms with Crippen molar-refractivity contribution < 1.29 is 29.1 Å². The van der Waals surface area contributed by atoms with E-state index in [1.165, 1.54) is 7.11 Å². The van der Waals surface area contributed by atoms with Crippen LogP contribution in [0.3, 0.4) is 0 Å². The number of piperidine rings is 1. The molecule has 0 radical (unpaired) electrons. The van der Waals surface area contributed by atoms with Crippen LogP contribution in [-0.4, -0.2) is 66.3 Å². The second kappa shape index (κ2) is 12.3. The summed E-state index contributed by atoms with van der Waals surface area (Å²) in [6, 6.07) is 8.95. The highest BCUT2D eigenvalue weighted by atomic mass is 16.5. The standard InChI is InChI=1S/C25H38BN3O6/c1-24(2,3)16-25(4,17-27)22(30)29-12-7-6-10-19(29)15-35-23(31)28-21(26(32)33)14-18-9-8-11-20(13-18)34-5/h8-9,11,13,19,21,32-33H,6-7,10,12,14-16H2,1-5H3,(H,28,31)/t19-,21+,25?/m1/s1. The largest absolute Gasteiger partial charge is 0.497 e. The Hall–Kier alpha value is -2.77. The molecule has 0 aliphatic carbocycles. The first-order chi connectivity index (χ1) is 16.4. The molecule has 3 N–H and O–H groups in total. The van der Waals surface area contributed by atoms with E-state index >= 15 is 0 Å². The first kappa shape index (κ1) is 28.5. The number of nitrogens with one attached hydrogen (secondary N) is 1. The van der Waals surface area contributed by atoms with Crippen molar-refractivity contribution >= 4 is 19.1 Å². The molecule has 1 heterocycles. The highest BCUT2D eigenvalue weighted by molar-refractivity contribution is 6.43. The fourth-order valence-electron chi connectivity index (χ4n) is 4.63. The molecule has 9 nitrogen and oxygen atoms in total. The summed E-state index contributed by atoms with van der Waals surface area (Å²) in [4.78, 5) is 27.5. The molecule has 1 aromatic rings. The maximum absolute atomic E-state index is 13.4. The van der Waals surface area contributed by atoms with Gasteiger partial charge in [-0.25, -0.2) is 4.79 Å². The lowest BCUT2D eigenvalue weighted by Crippen LogP contribution is -2.53. The van der Waals surface area contributed by atoms with Crippen molar-refractivity contribution in [1.82, 2.24) is 10.2 Å². The highest BCUT2D eigenvalue weighted by Crippen LogP contribution is 2.36. The Kier molecular flexibility index (Phi) is 9.98. The van der Waals surface area contributed by atoms with E-state index in [1.807, 2.05) is 20.8 Å². The Morgan fingerprint density at radius 1 is 1.29 bits per heavy atom. The number of hydrogen-bond donors (Lipinski definition) is 3. The van der Waals surface area contributed by atoms with Gasteiger partial charge in [-0.1, -0.05) is 32.9 Å². The Bertz CT molecular complexity index is 913. The van der Waals surface area contributed by atoms with Crippen LogP contribution in [0.1, 0.15) is 58.9 Å². The second-order valence-electron chi connectivity index (χ2n) is 10.6. The molecule has 35 heavy (non-hydrogen) atoms. The van der Waals surface area contributed by atoms with E-state index < -0.39 is 24.6 Å². The summed E-state index contributed by atoms with van der Waals surface area (Å²) in [5, 5.41) is 31.8. The number of ether oxygens (including phenoxy) is 2. The third-order valence-electron chi connectivity index (χ3n) is 6.15. The Morgan fingerprint density at radius 3 is 2.60 bits per heavy atom. The van der Waals surface area contributed by atoms with Crippen LogP contribution in [0.2, 0.25) is 0 Å². The summed E-state index contributed by atoms with van der Waals surface area (Å²) in [5.74, 6) is -0.619. The smallest absolute Gasteiger partial charge is 0.475 e. The van der Waals surface area contributed by atoms with Gasteiger partial charge in [-0.2, -0.15) is 5.26 Å². The minimum absolute atomic E-state index is 0.0397. The third kappa shape index (κ3) is 8.44. The first-order valence-corrected chi connectivity index (χ1v) is 12.0. The maximum atomic E-state index is 13.4. The molecule has 0 saturated carbocycles. The molecule has 2 amide bonds. The van der Waals surface area contributed by atoms with Crippen LogP contribution in [0, 0.1) is 22.2 Å². The highest BCUT2D eigenvalue weighted by Gasteiger charge is 2.43. The van der Waals surface area contributed by atoms with Gasteiger partial charge in [0.1, 0.15) is 17.8 Å². The Labute approximate surface area is 208 Å². The van der Waals surface area contributed by atoms with Gasteiger partial charge in [0.15, 0.2) is 0 Å². The molecule has 1 aliphatic heterocycles. The minimum Gasteiger partial charge on any atom is -0.497 e. The van der Waals surface area contributed by atoms with Gasteiger partial charge in [-0.05, 0) is 62.1 Å². The van der Waals surface area contributed by atoms with Crippen LogP contribution >= 0.6 is 0 Å². The number of methoxy groups -OCH3 is 1. The van der Waals surface area contributed by atoms with E-state index in [-0.39, 0.29) is 30.4 Å². The Balaban J connectivity index is 2.02. The minimum atomic E-state index is -1.80. The summed E-state index contributed by atoms with van der Waals surface area (Å²) in [5.41, 5.74) is -0.620. The molecule has 2 rings (SSSR count). The number of likely N-dealkylation sites (tertiary alicyclic amines) is 1. The summed E-state index contributed by atoms with van der Waals surface area (Å²) in [7, 11) is -0.260. The predicted octanol–water partition coefficient (Wildman–Crippen LogP) is 2.69. The van der Waals surface area contributed by atoms with Crippen LogP contribution in [0.25, 0.3) is 0 Å². The van der Waals surface area contributed by atoms with Crippen molar-refractivity contribution in [1.29, 1.82) is 5.26 Å². The van der Waals surface area contributed by atoms with Gasteiger partial charge < -0.3 is 29.7 Å². The van der Waals surface area contributed by atoms with Gasteiger partial charge in [-0.15, -0.1) is 0 Å². The van der Waals surface area contributed by atoms with Gasteiger partial charge in [0, 0.05) is 6.54 Å². The van der Waals surface area contributed by atoms with Gasteiger partial charge in [-0.3, -0.25) is 4.79 Å². The van der Waals surface area contributed by atoms with Crippen molar-refractivity contribution in [2.45, 2.75) is 71.8 Å². The van der Waals surface area contributed by atoms with Gasteiger partial charge in [0.05, 0.1) is 25.2 Å². The molecule has 10 heteroatoms. The van der Waals surface area contributed by atoms with Crippen LogP contribution in [0.4, 0.5) is 4.79 Å². The molecule has 0 aromatic heterocycles. The SMILES string of the molecule is COc1cccc(C[C@H](NC(=O)OC[C@H]2CCCCN2C(=O)C(C)(C#N)CC(C)(C)C)B(O)O)c1. The molecule has 1 saturated heterocycles. The molecule has 192 valence electrons. The van der Waals surface area contributed by atoms with E-state index in [2.05, 4.69) is 11.4 Å². The topological polar surface area (TPSA) is 132 Å². The van der Waals surface area contributed by atoms with Crippen molar-refractivity contribution in [2.75, 3.05) is 20.3 Å². The van der Waals surface area contributed by atoms with Crippen molar-refractivity contribution in [3.63, 3.8) is 0 Å². The van der Waals surface area contributed by atoms with Crippen LogP contribution in [0.15, 0.2) is 24.3 Å². The number of rotatable bonds is 9. The van der Waals surface area contributed by atoms with Crippen LogP contribution in [0.5, 0.6) is 5.75 Å². The average molecular weight is 487 g/mol. The fourth-order valence-corrected chi connectivity index (χ4v) is 4.63. The number of carbonyl (C=O) groups is 2. The van der Waals surface area contributed by atoms with Crippen molar-refractivity contribution in [2.24, 2.45) is 10.8 Å². The zero-order valence-electron chi connectivity index (χ0n) is 21.4. The number of amides is 2. The van der Waals surface area contributed by atoms with Gasteiger partial charge in [0.25, 0.3) is 0 Å². The monoisotopic (exact) mass is 487 g/mol. The molecule has 1 aliphatic rings. The number of hydrogen-bond acceptors (Lipinski definition) is 7. The summed E-state index contributed by atoms with van der Waals surface area (Å²) in [6.45, 7) is 8.12. The maximum Gasteiger partial charge on any atom is 0.475 e. The lowest BCUT2D eigenvalue weighted by Gasteiger charge is -2.40. The lowest BCUT2D eigenvalue weighted by atomic mass is 9.74. The predicted molar refractivity (Wildman–Crippen MR) is 132 cm³/mol. The van der Waals surface area contributed by atoms with Crippen molar-refractivity contribution in [3.05, 3.63) is 29.8 Å². The summed E-state index contributed by atoms with van der Waals surface area (Å²) >= 11 is 0. The molecule has 3 atom stereocenters. The number of carbonyl (C=O) groups excluding carboxylic acids is 2. The quantitative estimate of drug-likeness (QED) is 0.457. The fraction of sp³-hybridized carbons (Fsp3) is 0.640. The van der Waals surface area contributed by atoms with Gasteiger partial charge in [0.2, 0.25) is 5.91 Å². The number of nitrogens with zero attached hydrogens (tertiary/aromatic N) is 2. The molecule has 0 bridgehead atoms. The van der Waals surface area contributed by atoms with Crippen LogP contribution < -0.4 is 10.1 Å². The number of benzene rings is 1. The molecular formula is C25H38BN3O6.